The van der Waals surface area contributed by atoms with E-state index in [1.54, 1.807) is 17.0 Å². The Labute approximate surface area is 143 Å². The first kappa shape index (κ1) is 17.4. The van der Waals surface area contributed by atoms with Crippen molar-refractivity contribution < 1.29 is 14.3 Å². The molecule has 1 N–H and O–H groups in total. The van der Waals surface area contributed by atoms with Gasteiger partial charge in [0.15, 0.2) is 5.60 Å². The lowest BCUT2D eigenvalue weighted by Gasteiger charge is -2.42. The number of carbonyl (C=O) groups excluding carboxylic acids is 1. The second-order valence-corrected chi connectivity index (χ2v) is 7.45. The van der Waals surface area contributed by atoms with Gasteiger partial charge in [-0.3, -0.25) is 9.69 Å². The number of rotatable bonds is 4. The maximum Gasteiger partial charge on any atom is 0.256 e. The Balaban J connectivity index is 1.63. The summed E-state index contributed by atoms with van der Waals surface area (Å²) in [7, 11) is 0. The van der Waals surface area contributed by atoms with Crippen LogP contribution in [0.2, 0.25) is 0 Å². The van der Waals surface area contributed by atoms with Gasteiger partial charge in [0.2, 0.25) is 0 Å². The topological polar surface area (TPSA) is 43.8 Å². The molecule has 0 radical (unpaired) electrons. The molecular weight excluding hydrogens is 307 g/mol. The minimum atomic E-state index is -1.28. The summed E-state index contributed by atoms with van der Waals surface area (Å²) >= 11 is 0. The molecule has 2 fully saturated rings. The normalized spacial score (nSPS) is 26.8. The lowest BCUT2D eigenvalue weighted by molar-refractivity contribution is -0.160. The van der Waals surface area contributed by atoms with Crippen LogP contribution < -0.4 is 0 Å². The van der Waals surface area contributed by atoms with Crippen molar-refractivity contribution in [3.05, 3.63) is 35.6 Å². The van der Waals surface area contributed by atoms with E-state index in [4.69, 9.17) is 0 Å². The first-order chi connectivity index (χ1) is 11.5. The second kappa shape index (κ2) is 7.19. The van der Waals surface area contributed by atoms with E-state index in [-0.39, 0.29) is 11.7 Å². The predicted octanol–water partition coefficient (Wildman–Crippen LogP) is 2.41. The van der Waals surface area contributed by atoms with Gasteiger partial charge in [0.25, 0.3) is 5.91 Å². The minimum Gasteiger partial charge on any atom is -0.379 e. The molecule has 5 heteroatoms. The van der Waals surface area contributed by atoms with Crippen LogP contribution in [0.25, 0.3) is 0 Å². The zero-order valence-corrected chi connectivity index (χ0v) is 14.4. The molecule has 0 bridgehead atoms. The van der Waals surface area contributed by atoms with Crippen molar-refractivity contribution in [1.82, 2.24) is 9.80 Å². The van der Waals surface area contributed by atoms with E-state index in [0.717, 1.165) is 43.8 Å². The van der Waals surface area contributed by atoms with Gasteiger partial charge in [-0.1, -0.05) is 19.1 Å². The van der Waals surface area contributed by atoms with Gasteiger partial charge < -0.3 is 10.0 Å². The average Bonchev–Trinajstić information content (AvgIpc) is 2.56. The van der Waals surface area contributed by atoms with Crippen LogP contribution in [0.1, 0.15) is 38.2 Å². The molecule has 1 unspecified atom stereocenters. The van der Waals surface area contributed by atoms with Crippen molar-refractivity contribution >= 4 is 5.91 Å². The van der Waals surface area contributed by atoms with E-state index in [2.05, 4.69) is 11.8 Å². The summed E-state index contributed by atoms with van der Waals surface area (Å²) in [5.74, 6) is 0.268. The van der Waals surface area contributed by atoms with Crippen molar-refractivity contribution in [1.29, 1.82) is 0 Å². The zero-order chi connectivity index (χ0) is 17.2. The Morgan fingerprint density at radius 1 is 1.21 bits per heavy atom. The number of hydrogen-bond acceptors (Lipinski definition) is 3. The molecule has 4 nitrogen and oxygen atoms in total. The first-order valence-corrected chi connectivity index (χ1v) is 8.95. The van der Waals surface area contributed by atoms with E-state index in [0.29, 0.717) is 26.1 Å². The maximum atomic E-state index is 13.0. The molecule has 1 aromatic rings. The standard InChI is InChI=1S/C19H27FN2O2/c1-15-7-11-21(12-8-15)14-19(24)9-2-10-22(18(19)23)13-16-3-5-17(20)6-4-16/h3-6,15,24H,2,7-14H2,1H3. The number of hydrogen-bond donors (Lipinski definition) is 1. The molecule has 2 aliphatic rings. The summed E-state index contributed by atoms with van der Waals surface area (Å²) < 4.78 is 13.0. The van der Waals surface area contributed by atoms with E-state index in [1.807, 2.05) is 0 Å². The fourth-order valence-corrected chi connectivity index (χ4v) is 3.76. The number of aliphatic hydroxyl groups is 1. The van der Waals surface area contributed by atoms with E-state index in [1.165, 1.54) is 12.1 Å². The fraction of sp³-hybridized carbons (Fsp3) is 0.632. The molecule has 1 atom stereocenters. The van der Waals surface area contributed by atoms with Crippen LogP contribution in [-0.4, -0.2) is 52.6 Å². The van der Waals surface area contributed by atoms with Crippen LogP contribution in [0.15, 0.2) is 24.3 Å². The van der Waals surface area contributed by atoms with Crippen molar-refractivity contribution in [3.63, 3.8) is 0 Å². The molecule has 2 aliphatic heterocycles. The number of piperidine rings is 2. The van der Waals surface area contributed by atoms with Gasteiger partial charge in [0.05, 0.1) is 0 Å². The third kappa shape index (κ3) is 3.95. The molecular formula is C19H27FN2O2. The van der Waals surface area contributed by atoms with Crippen LogP contribution in [0.5, 0.6) is 0 Å². The molecule has 1 aromatic carbocycles. The molecule has 1 amide bonds. The number of amides is 1. The molecule has 0 aromatic heterocycles. The van der Waals surface area contributed by atoms with Gasteiger partial charge in [-0.2, -0.15) is 0 Å². The number of carbonyl (C=O) groups is 1. The lowest BCUT2D eigenvalue weighted by Crippen LogP contribution is -2.59. The Hall–Kier alpha value is -1.46. The summed E-state index contributed by atoms with van der Waals surface area (Å²) in [6.07, 6.45) is 3.58. The summed E-state index contributed by atoms with van der Waals surface area (Å²) in [5, 5.41) is 11.0. The summed E-state index contributed by atoms with van der Waals surface area (Å²) in [6.45, 7) is 5.66. The SMILES string of the molecule is CC1CCN(CC2(O)CCCN(Cc3ccc(F)cc3)C2=O)CC1. The Morgan fingerprint density at radius 2 is 1.88 bits per heavy atom. The van der Waals surface area contributed by atoms with Crippen molar-refractivity contribution in [2.75, 3.05) is 26.2 Å². The van der Waals surface area contributed by atoms with Crippen LogP contribution in [0.4, 0.5) is 4.39 Å². The van der Waals surface area contributed by atoms with Gasteiger partial charge in [-0.15, -0.1) is 0 Å². The van der Waals surface area contributed by atoms with Crippen molar-refractivity contribution in [3.8, 4) is 0 Å². The van der Waals surface area contributed by atoms with E-state index in [9.17, 15) is 14.3 Å². The smallest absolute Gasteiger partial charge is 0.256 e. The third-order valence-corrected chi connectivity index (χ3v) is 5.35. The first-order valence-electron chi connectivity index (χ1n) is 8.95. The monoisotopic (exact) mass is 334 g/mol. The molecule has 0 spiro atoms. The molecule has 0 aliphatic carbocycles. The number of nitrogens with zero attached hydrogens (tertiary/aromatic N) is 2. The van der Waals surface area contributed by atoms with Crippen LogP contribution in [-0.2, 0) is 11.3 Å². The molecule has 24 heavy (non-hydrogen) atoms. The highest BCUT2D eigenvalue weighted by Gasteiger charge is 2.43. The Bertz CT molecular complexity index is 569. The summed E-state index contributed by atoms with van der Waals surface area (Å²) in [5.41, 5.74) is -0.389. The quantitative estimate of drug-likeness (QED) is 0.920. The van der Waals surface area contributed by atoms with Crippen LogP contribution in [0, 0.1) is 11.7 Å². The van der Waals surface area contributed by atoms with Gasteiger partial charge in [-0.25, -0.2) is 4.39 Å². The van der Waals surface area contributed by atoms with Crippen LogP contribution in [0.3, 0.4) is 0 Å². The van der Waals surface area contributed by atoms with Crippen LogP contribution >= 0.6 is 0 Å². The molecule has 132 valence electrons. The average molecular weight is 334 g/mol. The fourth-order valence-electron chi connectivity index (χ4n) is 3.76. The minimum absolute atomic E-state index is 0.184. The number of likely N-dealkylation sites (tertiary alicyclic amines) is 2. The van der Waals surface area contributed by atoms with Gasteiger partial charge in [0, 0.05) is 19.6 Å². The highest BCUT2D eigenvalue weighted by atomic mass is 19.1. The molecule has 2 heterocycles. The van der Waals surface area contributed by atoms with Gasteiger partial charge in [-0.05, 0) is 62.4 Å². The number of β-amino-alcohol motifs (C(OH)–C–C–N with tert-alkyl or cyclic N) is 1. The summed E-state index contributed by atoms with van der Waals surface area (Å²) in [6, 6.07) is 6.21. The zero-order valence-electron chi connectivity index (χ0n) is 14.4. The van der Waals surface area contributed by atoms with E-state index >= 15 is 0 Å². The lowest BCUT2D eigenvalue weighted by atomic mass is 9.89. The summed E-state index contributed by atoms with van der Waals surface area (Å²) in [4.78, 5) is 16.8. The maximum absolute atomic E-state index is 13.0. The Kier molecular flexibility index (Phi) is 5.21. The largest absolute Gasteiger partial charge is 0.379 e. The van der Waals surface area contributed by atoms with Gasteiger partial charge in [0.1, 0.15) is 5.82 Å². The number of benzene rings is 1. The Morgan fingerprint density at radius 3 is 2.54 bits per heavy atom. The molecule has 3 rings (SSSR count). The molecule has 0 saturated carbocycles. The predicted molar refractivity (Wildman–Crippen MR) is 90.8 cm³/mol. The highest BCUT2D eigenvalue weighted by Crippen LogP contribution is 2.27. The van der Waals surface area contributed by atoms with Crippen molar-refractivity contribution in [2.24, 2.45) is 5.92 Å². The highest BCUT2D eigenvalue weighted by molar-refractivity contribution is 5.86. The van der Waals surface area contributed by atoms with Crippen molar-refractivity contribution in [2.45, 2.75) is 44.8 Å². The second-order valence-electron chi connectivity index (χ2n) is 7.45. The van der Waals surface area contributed by atoms with Gasteiger partial charge >= 0.3 is 0 Å². The third-order valence-electron chi connectivity index (χ3n) is 5.35. The van der Waals surface area contributed by atoms with E-state index < -0.39 is 5.60 Å². The number of halogens is 1. The molecule has 2 saturated heterocycles.